The average Bonchev–Trinajstić information content (AvgIpc) is 2.29. The summed E-state index contributed by atoms with van der Waals surface area (Å²) >= 11 is 0. The molecule has 4 heteroatoms. The van der Waals surface area contributed by atoms with Gasteiger partial charge in [-0.3, -0.25) is 0 Å². The first-order chi connectivity index (χ1) is 8.16. The molecule has 0 aliphatic heterocycles. The highest BCUT2D eigenvalue weighted by molar-refractivity contribution is 5.61. The van der Waals surface area contributed by atoms with Crippen molar-refractivity contribution in [3.63, 3.8) is 0 Å². The molecule has 0 amide bonds. The number of nitrogens with one attached hydrogen (secondary N) is 1. The van der Waals surface area contributed by atoms with Crippen molar-refractivity contribution in [2.45, 2.75) is 19.9 Å². The average molecular weight is 228 g/mol. The molecule has 17 heavy (non-hydrogen) atoms. The van der Waals surface area contributed by atoms with Crippen molar-refractivity contribution in [2.75, 3.05) is 5.32 Å². The largest absolute Gasteiger partial charge is 0.340 e. The molecule has 1 aromatic heterocycles. The van der Waals surface area contributed by atoms with Crippen molar-refractivity contribution in [1.82, 2.24) is 9.97 Å². The number of benzene rings is 1. The Kier molecular flexibility index (Phi) is 3.35. The lowest BCUT2D eigenvalue weighted by molar-refractivity contribution is 0.820. The van der Waals surface area contributed by atoms with Crippen molar-refractivity contribution in [3.05, 3.63) is 47.9 Å². The van der Waals surface area contributed by atoms with E-state index in [1.807, 2.05) is 44.2 Å². The molecule has 2 aromatic rings. The molecular formula is C13H16N4. The fourth-order valence-corrected chi connectivity index (χ4v) is 1.67. The van der Waals surface area contributed by atoms with E-state index in [1.54, 1.807) is 6.33 Å². The van der Waals surface area contributed by atoms with E-state index in [-0.39, 0.29) is 6.04 Å². The number of aromatic nitrogens is 2. The zero-order valence-corrected chi connectivity index (χ0v) is 10.0. The summed E-state index contributed by atoms with van der Waals surface area (Å²) in [5.74, 6) is 0.783. The summed E-state index contributed by atoms with van der Waals surface area (Å²) in [5, 5.41) is 3.26. The molecule has 0 aliphatic rings. The fourth-order valence-electron chi connectivity index (χ4n) is 1.67. The van der Waals surface area contributed by atoms with E-state index in [0.717, 1.165) is 22.8 Å². The second-order valence-electron chi connectivity index (χ2n) is 4.05. The van der Waals surface area contributed by atoms with E-state index < -0.39 is 0 Å². The third kappa shape index (κ3) is 2.79. The van der Waals surface area contributed by atoms with Crippen LogP contribution in [0.4, 0.5) is 11.5 Å². The van der Waals surface area contributed by atoms with Gasteiger partial charge in [-0.15, -0.1) is 0 Å². The Labute approximate surface area is 101 Å². The van der Waals surface area contributed by atoms with Gasteiger partial charge in [0, 0.05) is 23.5 Å². The summed E-state index contributed by atoms with van der Waals surface area (Å²) < 4.78 is 0. The molecule has 1 unspecified atom stereocenters. The standard InChI is InChI=1S/C13H16N4/c1-9-7-13(16-8-15-9)17-12-6-4-3-5-11(12)10(2)14/h3-8,10H,14H2,1-2H3,(H,15,16,17). The van der Waals surface area contributed by atoms with Gasteiger partial charge in [0.1, 0.15) is 12.1 Å². The molecule has 0 fully saturated rings. The van der Waals surface area contributed by atoms with Crippen LogP contribution in [-0.2, 0) is 0 Å². The van der Waals surface area contributed by atoms with Crippen LogP contribution in [0.2, 0.25) is 0 Å². The van der Waals surface area contributed by atoms with Gasteiger partial charge in [-0.2, -0.15) is 0 Å². The maximum Gasteiger partial charge on any atom is 0.133 e. The van der Waals surface area contributed by atoms with Crippen LogP contribution in [0.15, 0.2) is 36.7 Å². The number of hydrogen-bond acceptors (Lipinski definition) is 4. The van der Waals surface area contributed by atoms with E-state index in [2.05, 4.69) is 15.3 Å². The minimum absolute atomic E-state index is 0.0124. The first kappa shape index (κ1) is 11.5. The lowest BCUT2D eigenvalue weighted by Gasteiger charge is -2.13. The van der Waals surface area contributed by atoms with Crippen LogP contribution < -0.4 is 11.1 Å². The zero-order valence-electron chi connectivity index (χ0n) is 10.0. The van der Waals surface area contributed by atoms with Crippen LogP contribution in [-0.4, -0.2) is 9.97 Å². The fraction of sp³-hybridized carbons (Fsp3) is 0.231. The van der Waals surface area contributed by atoms with Gasteiger partial charge < -0.3 is 11.1 Å². The second-order valence-corrected chi connectivity index (χ2v) is 4.05. The van der Waals surface area contributed by atoms with Crippen LogP contribution in [0, 0.1) is 6.92 Å². The first-order valence-electron chi connectivity index (χ1n) is 5.57. The number of aryl methyl sites for hydroxylation is 1. The molecule has 1 heterocycles. The molecule has 0 radical (unpaired) electrons. The Balaban J connectivity index is 2.30. The highest BCUT2D eigenvalue weighted by Gasteiger charge is 2.06. The number of rotatable bonds is 3. The van der Waals surface area contributed by atoms with Gasteiger partial charge in [-0.05, 0) is 25.5 Å². The van der Waals surface area contributed by atoms with Gasteiger partial charge >= 0.3 is 0 Å². The SMILES string of the molecule is Cc1cc(Nc2ccccc2C(C)N)ncn1. The number of anilines is 2. The zero-order chi connectivity index (χ0) is 12.3. The third-order valence-electron chi connectivity index (χ3n) is 2.52. The number of hydrogen-bond donors (Lipinski definition) is 2. The maximum absolute atomic E-state index is 5.93. The molecular weight excluding hydrogens is 212 g/mol. The van der Waals surface area contributed by atoms with E-state index in [4.69, 9.17) is 5.73 Å². The molecule has 0 spiro atoms. The highest BCUT2D eigenvalue weighted by Crippen LogP contribution is 2.23. The topological polar surface area (TPSA) is 63.8 Å². The molecule has 0 saturated carbocycles. The molecule has 4 nitrogen and oxygen atoms in total. The van der Waals surface area contributed by atoms with Gasteiger partial charge in [0.25, 0.3) is 0 Å². The predicted molar refractivity (Wildman–Crippen MR) is 69.1 cm³/mol. The van der Waals surface area contributed by atoms with Crippen molar-refractivity contribution >= 4 is 11.5 Å². The summed E-state index contributed by atoms with van der Waals surface area (Å²) in [6.45, 7) is 3.90. The van der Waals surface area contributed by atoms with Crippen LogP contribution in [0.5, 0.6) is 0 Å². The first-order valence-corrected chi connectivity index (χ1v) is 5.57. The Bertz CT molecular complexity index is 508. The highest BCUT2D eigenvalue weighted by atomic mass is 15.0. The normalized spacial score (nSPS) is 12.2. The lowest BCUT2D eigenvalue weighted by atomic mass is 10.1. The van der Waals surface area contributed by atoms with Crippen LogP contribution >= 0.6 is 0 Å². The predicted octanol–water partition coefficient (Wildman–Crippen LogP) is 2.55. The Morgan fingerprint density at radius 3 is 2.71 bits per heavy atom. The van der Waals surface area contributed by atoms with Gasteiger partial charge in [-0.25, -0.2) is 9.97 Å². The second kappa shape index (κ2) is 4.93. The molecule has 3 N–H and O–H groups in total. The van der Waals surface area contributed by atoms with Crippen LogP contribution in [0.1, 0.15) is 24.2 Å². The number of nitrogens with zero attached hydrogens (tertiary/aromatic N) is 2. The minimum Gasteiger partial charge on any atom is -0.340 e. The summed E-state index contributed by atoms with van der Waals surface area (Å²) in [7, 11) is 0. The molecule has 0 bridgehead atoms. The van der Waals surface area contributed by atoms with Gasteiger partial charge in [0.15, 0.2) is 0 Å². The van der Waals surface area contributed by atoms with Crippen LogP contribution in [0.25, 0.3) is 0 Å². The quantitative estimate of drug-likeness (QED) is 0.847. The Hall–Kier alpha value is -1.94. The smallest absolute Gasteiger partial charge is 0.133 e. The van der Waals surface area contributed by atoms with E-state index in [9.17, 15) is 0 Å². The van der Waals surface area contributed by atoms with E-state index in [0.29, 0.717) is 0 Å². The van der Waals surface area contributed by atoms with Crippen molar-refractivity contribution in [2.24, 2.45) is 5.73 Å². The van der Waals surface area contributed by atoms with Gasteiger partial charge in [0.05, 0.1) is 0 Å². The molecule has 1 aromatic carbocycles. The molecule has 0 saturated heterocycles. The summed E-state index contributed by atoms with van der Waals surface area (Å²) in [6, 6.07) is 9.86. The molecule has 1 atom stereocenters. The summed E-state index contributed by atoms with van der Waals surface area (Å²) in [6.07, 6.45) is 1.55. The summed E-state index contributed by atoms with van der Waals surface area (Å²) in [4.78, 5) is 8.24. The monoisotopic (exact) mass is 228 g/mol. The lowest BCUT2D eigenvalue weighted by Crippen LogP contribution is -2.08. The van der Waals surface area contributed by atoms with Crippen LogP contribution in [0.3, 0.4) is 0 Å². The van der Waals surface area contributed by atoms with Gasteiger partial charge in [0.2, 0.25) is 0 Å². The van der Waals surface area contributed by atoms with E-state index >= 15 is 0 Å². The molecule has 0 aliphatic carbocycles. The van der Waals surface area contributed by atoms with Crippen molar-refractivity contribution < 1.29 is 0 Å². The van der Waals surface area contributed by atoms with Gasteiger partial charge in [-0.1, -0.05) is 18.2 Å². The van der Waals surface area contributed by atoms with E-state index in [1.165, 1.54) is 0 Å². The van der Waals surface area contributed by atoms with Crippen molar-refractivity contribution in [1.29, 1.82) is 0 Å². The third-order valence-corrected chi connectivity index (χ3v) is 2.52. The minimum atomic E-state index is -0.0124. The summed E-state index contributed by atoms with van der Waals surface area (Å²) in [5.41, 5.74) is 8.92. The molecule has 2 rings (SSSR count). The number of nitrogens with two attached hydrogens (primary N) is 1. The number of para-hydroxylation sites is 1. The maximum atomic E-state index is 5.93. The Morgan fingerprint density at radius 1 is 1.24 bits per heavy atom. The Morgan fingerprint density at radius 2 is 2.00 bits per heavy atom. The van der Waals surface area contributed by atoms with Crippen molar-refractivity contribution in [3.8, 4) is 0 Å². The molecule has 88 valence electrons.